The average Bonchev–Trinajstić information content (AvgIpc) is 2.31. The van der Waals surface area contributed by atoms with Crippen molar-refractivity contribution < 1.29 is 4.74 Å². The number of hydrogen-bond acceptors (Lipinski definition) is 4. The molecule has 6 heteroatoms. The van der Waals surface area contributed by atoms with Gasteiger partial charge in [0, 0.05) is 12.1 Å². The molecule has 0 fully saturated rings. The van der Waals surface area contributed by atoms with Crippen molar-refractivity contribution in [3.8, 4) is 5.75 Å². The van der Waals surface area contributed by atoms with Gasteiger partial charge in [0.05, 0.1) is 12.8 Å². The molecule has 0 amide bonds. The SMILES string of the molecule is CCOc1ccc(C=NN=C(N)N)cc1CN(C)C. The van der Waals surface area contributed by atoms with Gasteiger partial charge >= 0.3 is 0 Å². The number of guanidine groups is 1. The van der Waals surface area contributed by atoms with Crippen molar-refractivity contribution in [3.63, 3.8) is 0 Å². The molecule has 0 aromatic heterocycles. The highest BCUT2D eigenvalue weighted by Gasteiger charge is 2.05. The topological polar surface area (TPSA) is 89.2 Å². The van der Waals surface area contributed by atoms with Crippen LogP contribution in [-0.4, -0.2) is 37.8 Å². The second-order valence-corrected chi connectivity index (χ2v) is 4.31. The second-order valence-electron chi connectivity index (χ2n) is 4.31. The van der Waals surface area contributed by atoms with Crippen LogP contribution in [-0.2, 0) is 6.54 Å². The van der Waals surface area contributed by atoms with E-state index >= 15 is 0 Å². The predicted molar refractivity (Wildman–Crippen MR) is 78.4 cm³/mol. The lowest BCUT2D eigenvalue weighted by Gasteiger charge is -2.14. The van der Waals surface area contributed by atoms with Crippen LogP contribution in [0.15, 0.2) is 28.4 Å². The fourth-order valence-electron chi connectivity index (χ4n) is 1.60. The van der Waals surface area contributed by atoms with E-state index in [0.29, 0.717) is 6.61 Å². The number of rotatable bonds is 6. The molecule has 0 spiro atoms. The van der Waals surface area contributed by atoms with Crippen molar-refractivity contribution in [1.29, 1.82) is 0 Å². The molecule has 0 heterocycles. The monoisotopic (exact) mass is 263 g/mol. The minimum Gasteiger partial charge on any atom is -0.494 e. The maximum atomic E-state index is 5.60. The van der Waals surface area contributed by atoms with E-state index in [-0.39, 0.29) is 5.96 Å². The van der Waals surface area contributed by atoms with Crippen LogP contribution in [0.2, 0.25) is 0 Å². The van der Waals surface area contributed by atoms with E-state index in [2.05, 4.69) is 15.1 Å². The summed E-state index contributed by atoms with van der Waals surface area (Å²) >= 11 is 0. The lowest BCUT2D eigenvalue weighted by Crippen LogP contribution is -2.21. The molecule has 0 aliphatic rings. The van der Waals surface area contributed by atoms with Crippen LogP contribution in [0.3, 0.4) is 0 Å². The fourth-order valence-corrected chi connectivity index (χ4v) is 1.60. The lowest BCUT2D eigenvalue weighted by molar-refractivity contribution is 0.325. The highest BCUT2D eigenvalue weighted by Crippen LogP contribution is 2.21. The summed E-state index contributed by atoms with van der Waals surface area (Å²) in [5.74, 6) is 0.825. The van der Waals surface area contributed by atoms with Crippen LogP contribution in [0.1, 0.15) is 18.1 Å². The van der Waals surface area contributed by atoms with Crippen LogP contribution in [0.4, 0.5) is 0 Å². The zero-order valence-corrected chi connectivity index (χ0v) is 11.6. The van der Waals surface area contributed by atoms with Crippen LogP contribution in [0, 0.1) is 0 Å². The molecule has 0 aliphatic heterocycles. The number of ether oxygens (including phenoxy) is 1. The Bertz CT molecular complexity index is 464. The van der Waals surface area contributed by atoms with Crippen molar-refractivity contribution in [2.45, 2.75) is 13.5 Å². The summed E-state index contributed by atoms with van der Waals surface area (Å²) in [5, 5.41) is 7.36. The molecular formula is C13H21N5O. The summed E-state index contributed by atoms with van der Waals surface area (Å²) in [5.41, 5.74) is 12.4. The molecule has 0 radical (unpaired) electrons. The number of hydrogen-bond donors (Lipinski definition) is 2. The molecule has 4 N–H and O–H groups in total. The zero-order valence-electron chi connectivity index (χ0n) is 11.6. The Morgan fingerprint density at radius 1 is 1.37 bits per heavy atom. The first-order valence-corrected chi connectivity index (χ1v) is 6.05. The maximum Gasteiger partial charge on any atom is 0.211 e. The molecule has 104 valence electrons. The Hall–Kier alpha value is -2.08. The quantitative estimate of drug-likeness (QED) is 0.450. The number of nitrogens with two attached hydrogens (primary N) is 2. The number of benzene rings is 1. The van der Waals surface area contributed by atoms with Gasteiger partial charge in [0.2, 0.25) is 5.96 Å². The molecule has 0 atom stereocenters. The molecule has 0 unspecified atom stereocenters. The van der Waals surface area contributed by atoms with E-state index in [4.69, 9.17) is 16.2 Å². The molecule has 0 saturated carbocycles. The van der Waals surface area contributed by atoms with Gasteiger partial charge < -0.3 is 21.1 Å². The van der Waals surface area contributed by atoms with Gasteiger partial charge in [0.1, 0.15) is 5.75 Å². The first kappa shape index (κ1) is 15.0. The van der Waals surface area contributed by atoms with Crippen molar-refractivity contribution >= 4 is 12.2 Å². The Kier molecular flexibility index (Phi) is 5.81. The zero-order chi connectivity index (χ0) is 14.3. The van der Waals surface area contributed by atoms with Gasteiger partial charge in [-0.25, -0.2) is 0 Å². The molecule has 0 saturated heterocycles. The van der Waals surface area contributed by atoms with Gasteiger partial charge in [-0.1, -0.05) is 0 Å². The van der Waals surface area contributed by atoms with E-state index in [0.717, 1.165) is 23.4 Å². The van der Waals surface area contributed by atoms with Crippen LogP contribution in [0.25, 0.3) is 0 Å². The molecule has 1 aromatic rings. The first-order valence-electron chi connectivity index (χ1n) is 6.05. The first-order chi connectivity index (χ1) is 9.02. The standard InChI is InChI=1S/C13H21N5O/c1-4-19-12-6-5-10(8-16-17-13(14)15)7-11(12)9-18(2)3/h5-8H,4,9H2,1-3H3,(H4,14,15,17). The summed E-state index contributed by atoms with van der Waals surface area (Å²) in [4.78, 5) is 2.08. The molecule has 0 aliphatic carbocycles. The van der Waals surface area contributed by atoms with E-state index in [1.165, 1.54) is 0 Å². The molecule has 19 heavy (non-hydrogen) atoms. The Morgan fingerprint density at radius 2 is 2.11 bits per heavy atom. The van der Waals surface area contributed by atoms with Gasteiger partial charge in [0.25, 0.3) is 0 Å². The van der Waals surface area contributed by atoms with Gasteiger partial charge in [-0.15, -0.1) is 5.10 Å². The van der Waals surface area contributed by atoms with Crippen molar-refractivity contribution in [3.05, 3.63) is 29.3 Å². The second kappa shape index (κ2) is 7.38. The van der Waals surface area contributed by atoms with Crippen LogP contribution < -0.4 is 16.2 Å². The number of nitrogens with zero attached hydrogens (tertiary/aromatic N) is 3. The van der Waals surface area contributed by atoms with E-state index in [9.17, 15) is 0 Å². The third-order valence-electron chi connectivity index (χ3n) is 2.25. The van der Waals surface area contributed by atoms with Crippen molar-refractivity contribution in [2.75, 3.05) is 20.7 Å². The molecular weight excluding hydrogens is 242 g/mol. The predicted octanol–water partition coefficient (Wildman–Crippen LogP) is 0.754. The van der Waals surface area contributed by atoms with Gasteiger partial charge in [-0.2, -0.15) is 5.10 Å². The maximum absolute atomic E-state index is 5.60. The minimum atomic E-state index is -0.0595. The smallest absolute Gasteiger partial charge is 0.211 e. The highest BCUT2D eigenvalue weighted by molar-refractivity contribution is 5.82. The fraction of sp³-hybridized carbons (Fsp3) is 0.385. The summed E-state index contributed by atoms with van der Waals surface area (Å²) in [6.45, 7) is 3.40. The summed E-state index contributed by atoms with van der Waals surface area (Å²) in [7, 11) is 4.02. The van der Waals surface area contributed by atoms with E-state index in [1.54, 1.807) is 6.21 Å². The minimum absolute atomic E-state index is 0.0595. The van der Waals surface area contributed by atoms with Crippen molar-refractivity contribution in [2.24, 2.45) is 21.7 Å². The highest BCUT2D eigenvalue weighted by atomic mass is 16.5. The third-order valence-corrected chi connectivity index (χ3v) is 2.25. The van der Waals surface area contributed by atoms with Gasteiger partial charge in [-0.3, -0.25) is 0 Å². The lowest BCUT2D eigenvalue weighted by atomic mass is 10.1. The molecule has 1 rings (SSSR count). The average molecular weight is 263 g/mol. The summed E-state index contributed by atoms with van der Waals surface area (Å²) in [6, 6.07) is 5.85. The normalized spacial score (nSPS) is 10.9. The summed E-state index contributed by atoms with van der Waals surface area (Å²) in [6.07, 6.45) is 1.61. The molecule has 6 nitrogen and oxygen atoms in total. The molecule has 1 aromatic carbocycles. The van der Waals surface area contributed by atoms with Crippen LogP contribution in [0.5, 0.6) is 5.75 Å². The Morgan fingerprint density at radius 3 is 2.68 bits per heavy atom. The van der Waals surface area contributed by atoms with Gasteiger partial charge in [0.15, 0.2) is 0 Å². The summed E-state index contributed by atoms with van der Waals surface area (Å²) < 4.78 is 5.60. The molecule has 0 bridgehead atoms. The van der Waals surface area contributed by atoms with Crippen molar-refractivity contribution in [1.82, 2.24) is 4.90 Å². The third kappa shape index (κ3) is 5.39. The van der Waals surface area contributed by atoms with Gasteiger partial charge in [-0.05, 0) is 44.8 Å². The van der Waals surface area contributed by atoms with Crippen LogP contribution >= 0.6 is 0 Å². The van der Waals surface area contributed by atoms with E-state index in [1.807, 2.05) is 39.2 Å². The Labute approximate surface area is 113 Å². The largest absolute Gasteiger partial charge is 0.494 e. The Balaban J connectivity index is 2.96. The van der Waals surface area contributed by atoms with E-state index < -0.39 is 0 Å².